The number of hydrogen-bond acceptors (Lipinski definition) is 3. The molecule has 5 heteroatoms. The second-order valence-electron chi connectivity index (χ2n) is 3.16. The first-order chi connectivity index (χ1) is 7.68. The molecule has 3 N–H and O–H groups in total. The normalized spacial score (nSPS) is 10.1. The molecule has 0 saturated heterocycles. The summed E-state index contributed by atoms with van der Waals surface area (Å²) in [6, 6.07) is 8.21. The van der Waals surface area contributed by atoms with Gasteiger partial charge in [-0.05, 0) is 40.2 Å². The number of hydrogen-bond donors (Lipinski definition) is 2. The molecule has 0 atom stereocenters. The number of rotatable bonds is 2. The third-order valence-corrected chi connectivity index (χ3v) is 2.72. The summed E-state index contributed by atoms with van der Waals surface area (Å²) < 4.78 is 14.1. The van der Waals surface area contributed by atoms with Crippen molar-refractivity contribution in [2.45, 2.75) is 0 Å². The highest BCUT2D eigenvalue weighted by Crippen LogP contribution is 2.29. The molecule has 0 radical (unpaired) electrons. The molecule has 82 valence electrons. The van der Waals surface area contributed by atoms with Crippen molar-refractivity contribution in [2.24, 2.45) is 0 Å². The zero-order chi connectivity index (χ0) is 11.5. The van der Waals surface area contributed by atoms with Gasteiger partial charge in [-0.2, -0.15) is 0 Å². The van der Waals surface area contributed by atoms with Crippen LogP contribution in [0.4, 0.5) is 21.6 Å². The Balaban J connectivity index is 2.38. The Morgan fingerprint density at radius 1 is 1.25 bits per heavy atom. The van der Waals surface area contributed by atoms with E-state index in [-0.39, 0.29) is 5.82 Å². The number of nitrogen functional groups attached to an aromatic ring is 1. The van der Waals surface area contributed by atoms with Gasteiger partial charge in [0.15, 0.2) is 0 Å². The van der Waals surface area contributed by atoms with Crippen molar-refractivity contribution < 1.29 is 4.39 Å². The second kappa shape index (κ2) is 4.49. The second-order valence-corrected chi connectivity index (χ2v) is 4.01. The Bertz CT molecular complexity index is 496. The molecule has 0 spiro atoms. The molecule has 0 aliphatic heterocycles. The third kappa shape index (κ3) is 2.14. The van der Waals surface area contributed by atoms with E-state index in [1.807, 2.05) is 0 Å². The lowest BCUT2D eigenvalue weighted by Crippen LogP contribution is -2.00. The maximum absolute atomic E-state index is 13.5. The van der Waals surface area contributed by atoms with Gasteiger partial charge in [0.1, 0.15) is 11.6 Å². The summed E-state index contributed by atoms with van der Waals surface area (Å²) in [6.07, 6.45) is 1.58. The van der Waals surface area contributed by atoms with Crippen LogP contribution in [0.25, 0.3) is 0 Å². The number of para-hydroxylation sites is 1. The predicted octanol–water partition coefficient (Wildman–Crippen LogP) is 3.31. The fraction of sp³-hybridized carbons (Fsp3) is 0. The number of nitrogens with zero attached hydrogens (tertiary/aromatic N) is 1. The van der Waals surface area contributed by atoms with Crippen molar-refractivity contribution in [3.05, 3.63) is 46.8 Å². The molecule has 0 unspecified atom stereocenters. The molecule has 0 aliphatic rings. The van der Waals surface area contributed by atoms with Crippen molar-refractivity contribution in [1.82, 2.24) is 4.98 Å². The Morgan fingerprint density at radius 2 is 2.06 bits per heavy atom. The first-order valence-electron chi connectivity index (χ1n) is 4.60. The summed E-state index contributed by atoms with van der Waals surface area (Å²) in [7, 11) is 0. The van der Waals surface area contributed by atoms with E-state index in [2.05, 4.69) is 26.2 Å². The van der Waals surface area contributed by atoms with Crippen LogP contribution in [-0.4, -0.2) is 4.98 Å². The Kier molecular flexibility index (Phi) is 3.05. The maximum atomic E-state index is 13.5. The van der Waals surface area contributed by atoms with Crippen LogP contribution in [0.1, 0.15) is 0 Å². The number of nitrogens with two attached hydrogens (primary N) is 1. The molecule has 0 saturated carbocycles. The fourth-order valence-corrected chi connectivity index (χ4v) is 1.72. The minimum atomic E-state index is -0.349. The summed E-state index contributed by atoms with van der Waals surface area (Å²) >= 11 is 3.27. The lowest BCUT2D eigenvalue weighted by molar-refractivity contribution is 0.631. The van der Waals surface area contributed by atoms with E-state index in [0.29, 0.717) is 21.7 Å². The molecule has 2 rings (SSSR count). The Morgan fingerprint density at radius 3 is 2.75 bits per heavy atom. The average Bonchev–Trinajstić information content (AvgIpc) is 2.26. The topological polar surface area (TPSA) is 50.9 Å². The van der Waals surface area contributed by atoms with Crippen LogP contribution in [0.2, 0.25) is 0 Å². The largest absolute Gasteiger partial charge is 0.382 e. The van der Waals surface area contributed by atoms with Crippen LogP contribution >= 0.6 is 15.9 Å². The number of aromatic nitrogens is 1. The monoisotopic (exact) mass is 281 g/mol. The Labute approximate surface area is 101 Å². The molecule has 0 fully saturated rings. The first kappa shape index (κ1) is 10.9. The van der Waals surface area contributed by atoms with Crippen molar-refractivity contribution in [2.75, 3.05) is 11.1 Å². The molecule has 1 aromatic carbocycles. The number of nitrogens with one attached hydrogen (secondary N) is 1. The van der Waals surface area contributed by atoms with E-state index in [9.17, 15) is 4.39 Å². The lowest BCUT2D eigenvalue weighted by Gasteiger charge is -2.10. The number of benzene rings is 1. The SMILES string of the molecule is Nc1ncccc1Nc1c(F)cccc1Br. The molecule has 3 nitrogen and oxygen atoms in total. The zero-order valence-corrected chi connectivity index (χ0v) is 9.83. The van der Waals surface area contributed by atoms with Crippen LogP contribution in [0, 0.1) is 5.82 Å². The summed E-state index contributed by atoms with van der Waals surface area (Å²) in [6.45, 7) is 0. The molecular formula is C11H9BrFN3. The molecule has 0 bridgehead atoms. The van der Waals surface area contributed by atoms with E-state index < -0.39 is 0 Å². The van der Waals surface area contributed by atoms with E-state index in [0.717, 1.165) is 0 Å². The van der Waals surface area contributed by atoms with Crippen molar-refractivity contribution >= 4 is 33.1 Å². The highest BCUT2D eigenvalue weighted by molar-refractivity contribution is 9.10. The highest BCUT2D eigenvalue weighted by Gasteiger charge is 2.08. The quantitative estimate of drug-likeness (QED) is 0.888. The fourth-order valence-electron chi connectivity index (χ4n) is 1.28. The zero-order valence-electron chi connectivity index (χ0n) is 8.24. The smallest absolute Gasteiger partial charge is 0.147 e. The van der Waals surface area contributed by atoms with E-state index in [4.69, 9.17) is 5.73 Å². The molecule has 16 heavy (non-hydrogen) atoms. The van der Waals surface area contributed by atoms with Gasteiger partial charge in [-0.3, -0.25) is 0 Å². The van der Waals surface area contributed by atoms with Gasteiger partial charge in [0.25, 0.3) is 0 Å². The summed E-state index contributed by atoms with van der Waals surface area (Å²) in [5.74, 6) is -0.0183. The molecule has 0 amide bonds. The van der Waals surface area contributed by atoms with Gasteiger partial charge in [-0.1, -0.05) is 6.07 Å². The predicted molar refractivity (Wildman–Crippen MR) is 66.0 cm³/mol. The summed E-state index contributed by atoms with van der Waals surface area (Å²) in [5.41, 5.74) is 6.58. The van der Waals surface area contributed by atoms with Gasteiger partial charge in [0.05, 0.1) is 11.4 Å². The lowest BCUT2D eigenvalue weighted by atomic mass is 10.3. The summed E-state index contributed by atoms with van der Waals surface area (Å²) in [4.78, 5) is 3.91. The molecule has 1 heterocycles. The minimum absolute atomic E-state index is 0.331. The van der Waals surface area contributed by atoms with Gasteiger partial charge in [-0.25, -0.2) is 9.37 Å². The van der Waals surface area contributed by atoms with Gasteiger partial charge in [0.2, 0.25) is 0 Å². The van der Waals surface area contributed by atoms with E-state index in [1.54, 1.807) is 30.5 Å². The van der Waals surface area contributed by atoms with Crippen LogP contribution in [-0.2, 0) is 0 Å². The van der Waals surface area contributed by atoms with Crippen molar-refractivity contribution in [3.63, 3.8) is 0 Å². The van der Waals surface area contributed by atoms with E-state index in [1.165, 1.54) is 6.07 Å². The van der Waals surface area contributed by atoms with Gasteiger partial charge in [-0.15, -0.1) is 0 Å². The number of pyridine rings is 1. The minimum Gasteiger partial charge on any atom is -0.382 e. The van der Waals surface area contributed by atoms with Gasteiger partial charge >= 0.3 is 0 Å². The Hall–Kier alpha value is -1.62. The molecule has 1 aromatic heterocycles. The van der Waals surface area contributed by atoms with Crippen molar-refractivity contribution in [3.8, 4) is 0 Å². The first-order valence-corrected chi connectivity index (χ1v) is 5.39. The molecular weight excluding hydrogens is 273 g/mol. The van der Waals surface area contributed by atoms with Gasteiger partial charge in [0, 0.05) is 10.7 Å². The van der Waals surface area contributed by atoms with E-state index >= 15 is 0 Å². The van der Waals surface area contributed by atoms with Crippen LogP contribution in [0.15, 0.2) is 41.0 Å². The maximum Gasteiger partial charge on any atom is 0.147 e. The standard InChI is InChI=1S/C11H9BrFN3/c12-7-3-1-4-8(13)10(7)16-9-5-2-6-15-11(9)14/h1-6,16H,(H2,14,15). The van der Waals surface area contributed by atoms with Crippen LogP contribution < -0.4 is 11.1 Å². The van der Waals surface area contributed by atoms with Crippen molar-refractivity contribution in [1.29, 1.82) is 0 Å². The summed E-state index contributed by atoms with van der Waals surface area (Å²) in [5, 5.41) is 2.90. The highest BCUT2D eigenvalue weighted by atomic mass is 79.9. The third-order valence-electron chi connectivity index (χ3n) is 2.06. The van der Waals surface area contributed by atoms with Crippen LogP contribution in [0.5, 0.6) is 0 Å². The molecule has 2 aromatic rings. The average molecular weight is 282 g/mol. The van der Waals surface area contributed by atoms with Crippen LogP contribution in [0.3, 0.4) is 0 Å². The van der Waals surface area contributed by atoms with Gasteiger partial charge < -0.3 is 11.1 Å². The molecule has 0 aliphatic carbocycles. The number of halogens is 2. The number of anilines is 3.